The highest BCUT2D eigenvalue weighted by atomic mass is 32.2. The molecule has 22 heavy (non-hydrogen) atoms. The molecule has 3 aromatic rings. The molecule has 3 rings (SSSR count). The average Bonchev–Trinajstić information content (AvgIpc) is 2.89. The number of aromatic nitrogens is 2. The van der Waals surface area contributed by atoms with Crippen LogP contribution in [0.15, 0.2) is 32.3 Å². The van der Waals surface area contributed by atoms with E-state index in [1.54, 1.807) is 7.05 Å². The molecule has 0 amide bonds. The number of hydrogen-bond acceptors (Lipinski definition) is 6. The Balaban J connectivity index is 2.03. The predicted molar refractivity (Wildman–Crippen MR) is 83.9 cm³/mol. The number of fused-ring (bicyclic) bond motifs is 1. The molecule has 7 nitrogen and oxygen atoms in total. The normalized spacial score (nSPS) is 12.0. The fourth-order valence-electron chi connectivity index (χ4n) is 1.97. The maximum absolute atomic E-state index is 12.4. The topological polar surface area (TPSA) is 94.2 Å². The Morgan fingerprint density at radius 1 is 1.32 bits per heavy atom. The standard InChI is InChI=1S/C13H13N3O4S2/c1-7-8(2)21-12(14-7)15-22(18,19)9-4-5-10-11(6-9)20-13(17)16(10)3/h4-6H,1-3H3,(H,14,15). The van der Waals surface area contributed by atoms with Crippen LogP contribution in [-0.4, -0.2) is 18.0 Å². The van der Waals surface area contributed by atoms with E-state index in [0.717, 1.165) is 10.6 Å². The average molecular weight is 339 g/mol. The number of oxazole rings is 1. The van der Waals surface area contributed by atoms with Gasteiger partial charge in [0.15, 0.2) is 10.7 Å². The summed E-state index contributed by atoms with van der Waals surface area (Å²) in [7, 11) is -2.23. The van der Waals surface area contributed by atoms with Crippen LogP contribution in [0.3, 0.4) is 0 Å². The number of nitrogens with zero attached hydrogens (tertiary/aromatic N) is 2. The molecule has 1 N–H and O–H groups in total. The summed E-state index contributed by atoms with van der Waals surface area (Å²) in [6.45, 7) is 3.68. The molecule has 0 radical (unpaired) electrons. The first-order valence-corrected chi connectivity index (χ1v) is 8.64. The van der Waals surface area contributed by atoms with Gasteiger partial charge in [0.1, 0.15) is 0 Å². The first kappa shape index (κ1) is 14.8. The lowest BCUT2D eigenvalue weighted by molar-refractivity contribution is 0.527. The second-order valence-electron chi connectivity index (χ2n) is 4.82. The van der Waals surface area contributed by atoms with Crippen LogP contribution < -0.4 is 10.5 Å². The third kappa shape index (κ3) is 2.42. The number of thiazole rings is 1. The molecule has 0 fully saturated rings. The van der Waals surface area contributed by atoms with Crippen molar-refractivity contribution in [3.63, 3.8) is 0 Å². The van der Waals surface area contributed by atoms with Gasteiger partial charge in [0, 0.05) is 18.0 Å². The summed E-state index contributed by atoms with van der Waals surface area (Å²) in [5.41, 5.74) is 1.54. The quantitative estimate of drug-likeness (QED) is 0.787. The van der Waals surface area contributed by atoms with Gasteiger partial charge in [-0.05, 0) is 26.0 Å². The molecule has 0 unspecified atom stereocenters. The van der Waals surface area contributed by atoms with E-state index >= 15 is 0 Å². The Bertz CT molecular complexity index is 1010. The number of anilines is 1. The first-order chi connectivity index (χ1) is 10.3. The second kappa shape index (κ2) is 4.96. The first-order valence-electron chi connectivity index (χ1n) is 6.34. The van der Waals surface area contributed by atoms with Crippen LogP contribution in [0.1, 0.15) is 10.6 Å². The van der Waals surface area contributed by atoms with Gasteiger partial charge in [0.2, 0.25) is 0 Å². The van der Waals surface area contributed by atoms with Crippen molar-refractivity contribution >= 4 is 37.6 Å². The van der Waals surface area contributed by atoms with Gasteiger partial charge >= 0.3 is 5.76 Å². The fraction of sp³-hybridized carbons (Fsp3) is 0.231. The molecule has 0 aliphatic rings. The summed E-state index contributed by atoms with van der Waals surface area (Å²) < 4.78 is 33.5. The van der Waals surface area contributed by atoms with Crippen LogP contribution >= 0.6 is 11.3 Å². The Morgan fingerprint density at radius 3 is 2.68 bits per heavy atom. The van der Waals surface area contributed by atoms with E-state index in [0.29, 0.717) is 10.6 Å². The van der Waals surface area contributed by atoms with E-state index < -0.39 is 15.8 Å². The van der Waals surface area contributed by atoms with Crippen molar-refractivity contribution < 1.29 is 12.8 Å². The molecule has 2 heterocycles. The molecule has 0 saturated carbocycles. The lowest BCUT2D eigenvalue weighted by atomic mass is 10.3. The smallest absolute Gasteiger partial charge is 0.408 e. The minimum absolute atomic E-state index is 0.0138. The highest BCUT2D eigenvalue weighted by Crippen LogP contribution is 2.25. The third-order valence-electron chi connectivity index (χ3n) is 3.32. The molecule has 0 aliphatic carbocycles. The maximum atomic E-state index is 12.4. The van der Waals surface area contributed by atoms with E-state index in [4.69, 9.17) is 4.42 Å². The van der Waals surface area contributed by atoms with E-state index in [1.807, 2.05) is 13.8 Å². The molecule has 116 valence electrons. The van der Waals surface area contributed by atoms with Crippen LogP contribution in [-0.2, 0) is 17.1 Å². The van der Waals surface area contributed by atoms with Crippen molar-refractivity contribution in [2.45, 2.75) is 18.7 Å². The third-order valence-corrected chi connectivity index (χ3v) is 5.78. The molecule has 1 aromatic carbocycles. The summed E-state index contributed by atoms with van der Waals surface area (Å²) in [5, 5.41) is 0.310. The largest absolute Gasteiger partial charge is 0.419 e. The number of hydrogen-bond donors (Lipinski definition) is 1. The van der Waals surface area contributed by atoms with Crippen molar-refractivity contribution in [2.75, 3.05) is 4.72 Å². The summed E-state index contributed by atoms with van der Waals surface area (Å²) in [4.78, 5) is 16.6. The van der Waals surface area contributed by atoms with Gasteiger partial charge in [0.05, 0.1) is 16.1 Å². The number of aryl methyl sites for hydroxylation is 3. The fourth-order valence-corrected chi connectivity index (χ4v) is 4.04. The Kier molecular flexibility index (Phi) is 3.33. The second-order valence-corrected chi connectivity index (χ2v) is 7.71. The monoisotopic (exact) mass is 339 g/mol. The van der Waals surface area contributed by atoms with Gasteiger partial charge in [-0.3, -0.25) is 9.29 Å². The van der Waals surface area contributed by atoms with Crippen LogP contribution in [0.4, 0.5) is 5.13 Å². The minimum atomic E-state index is -3.79. The minimum Gasteiger partial charge on any atom is -0.408 e. The highest BCUT2D eigenvalue weighted by molar-refractivity contribution is 7.93. The van der Waals surface area contributed by atoms with E-state index in [1.165, 1.54) is 34.1 Å². The molecule has 0 atom stereocenters. The summed E-state index contributed by atoms with van der Waals surface area (Å²) in [5.74, 6) is -0.538. The van der Waals surface area contributed by atoms with Crippen molar-refractivity contribution in [2.24, 2.45) is 7.05 Å². The van der Waals surface area contributed by atoms with Crippen molar-refractivity contribution in [3.05, 3.63) is 39.3 Å². The molecule has 0 aliphatic heterocycles. The highest BCUT2D eigenvalue weighted by Gasteiger charge is 2.19. The number of sulfonamides is 1. The molecule has 9 heteroatoms. The van der Waals surface area contributed by atoms with E-state index in [9.17, 15) is 13.2 Å². The van der Waals surface area contributed by atoms with Gasteiger partial charge < -0.3 is 4.42 Å². The van der Waals surface area contributed by atoms with E-state index in [-0.39, 0.29) is 10.5 Å². The van der Waals surface area contributed by atoms with Gasteiger partial charge in [-0.1, -0.05) is 0 Å². The number of rotatable bonds is 3. The molecular weight excluding hydrogens is 326 g/mol. The van der Waals surface area contributed by atoms with Gasteiger partial charge in [-0.15, -0.1) is 11.3 Å². The van der Waals surface area contributed by atoms with Crippen LogP contribution in [0, 0.1) is 13.8 Å². The molecule has 2 aromatic heterocycles. The Labute approximate surface area is 130 Å². The van der Waals surface area contributed by atoms with Crippen LogP contribution in [0.2, 0.25) is 0 Å². The van der Waals surface area contributed by atoms with Gasteiger partial charge in [-0.25, -0.2) is 18.2 Å². The zero-order valence-corrected chi connectivity index (χ0v) is 13.7. The number of benzene rings is 1. The summed E-state index contributed by atoms with van der Waals surface area (Å²) >= 11 is 1.27. The number of nitrogens with one attached hydrogen (secondary N) is 1. The van der Waals surface area contributed by atoms with Gasteiger partial charge in [-0.2, -0.15) is 0 Å². The van der Waals surface area contributed by atoms with E-state index in [2.05, 4.69) is 9.71 Å². The SMILES string of the molecule is Cc1nc(NS(=O)(=O)c2ccc3c(c2)oc(=O)n3C)sc1C. The zero-order valence-electron chi connectivity index (χ0n) is 12.1. The molecule has 0 saturated heterocycles. The molecule has 0 spiro atoms. The Morgan fingerprint density at radius 2 is 2.05 bits per heavy atom. The predicted octanol–water partition coefficient (Wildman–Crippen LogP) is 2.01. The lowest BCUT2D eigenvalue weighted by Gasteiger charge is -2.04. The zero-order chi connectivity index (χ0) is 16.1. The van der Waals surface area contributed by atoms with Crippen molar-refractivity contribution in [1.29, 1.82) is 0 Å². The lowest BCUT2D eigenvalue weighted by Crippen LogP contribution is -2.12. The Hall–Kier alpha value is -2.13. The van der Waals surface area contributed by atoms with Crippen molar-refractivity contribution in [3.8, 4) is 0 Å². The van der Waals surface area contributed by atoms with Crippen molar-refractivity contribution in [1.82, 2.24) is 9.55 Å². The molecule has 0 bridgehead atoms. The van der Waals surface area contributed by atoms with Crippen LogP contribution in [0.5, 0.6) is 0 Å². The summed E-state index contributed by atoms with van der Waals surface area (Å²) in [6.07, 6.45) is 0. The van der Waals surface area contributed by atoms with Gasteiger partial charge in [0.25, 0.3) is 10.0 Å². The molecular formula is C13H13N3O4S2. The maximum Gasteiger partial charge on any atom is 0.419 e. The van der Waals surface area contributed by atoms with Crippen LogP contribution in [0.25, 0.3) is 11.1 Å². The summed E-state index contributed by atoms with van der Waals surface area (Å²) in [6, 6.07) is 4.28.